The number of aromatic carboxylic acids is 1. The number of carboxylic acids is 1. The average Bonchev–Trinajstić information content (AvgIpc) is 2.81. The van der Waals surface area contributed by atoms with Crippen LogP contribution in [0.25, 0.3) is 0 Å². The summed E-state index contributed by atoms with van der Waals surface area (Å²) in [7, 11) is -3.46. The molecule has 0 saturated carbocycles. The number of carboxylic acid groups (broad SMARTS) is 1. The van der Waals surface area contributed by atoms with Gasteiger partial charge >= 0.3 is 5.97 Å². The van der Waals surface area contributed by atoms with E-state index >= 15 is 0 Å². The highest BCUT2D eigenvalue weighted by Crippen LogP contribution is 2.23. The second-order valence-corrected chi connectivity index (χ2v) is 7.42. The first-order valence-corrected chi connectivity index (χ1v) is 9.30. The highest BCUT2D eigenvalue weighted by Gasteiger charge is 2.17. The molecule has 0 unspecified atom stereocenters. The van der Waals surface area contributed by atoms with E-state index in [-0.39, 0.29) is 16.3 Å². The lowest BCUT2D eigenvalue weighted by Gasteiger charge is -2.07. The van der Waals surface area contributed by atoms with Crippen molar-refractivity contribution in [2.24, 2.45) is 0 Å². The number of thiophene rings is 1. The molecular formula is C13H21NO4S2. The molecule has 1 aromatic heterocycles. The molecule has 0 fully saturated rings. The molecule has 0 aliphatic rings. The molecule has 0 radical (unpaired) electrons. The molecule has 0 aliphatic carbocycles. The maximum atomic E-state index is 11.9. The van der Waals surface area contributed by atoms with Crippen molar-refractivity contribution in [1.29, 1.82) is 0 Å². The maximum absolute atomic E-state index is 11.9. The van der Waals surface area contributed by atoms with Crippen LogP contribution in [-0.4, -0.2) is 25.2 Å². The predicted molar refractivity (Wildman–Crippen MR) is 82.1 cm³/mol. The summed E-state index contributed by atoms with van der Waals surface area (Å²) in [5.74, 6) is -1.08. The molecule has 0 saturated heterocycles. The molecule has 0 atom stereocenters. The van der Waals surface area contributed by atoms with Gasteiger partial charge in [0.15, 0.2) is 0 Å². The molecule has 2 N–H and O–H groups in total. The summed E-state index contributed by atoms with van der Waals surface area (Å²) in [5, 5.41) is 10.5. The quantitative estimate of drug-likeness (QED) is 0.646. The highest BCUT2D eigenvalue weighted by atomic mass is 32.2. The number of unbranched alkanes of at least 4 members (excludes halogenated alkanes) is 5. The lowest BCUT2D eigenvalue weighted by Crippen LogP contribution is -2.17. The van der Waals surface area contributed by atoms with E-state index in [1.807, 2.05) is 0 Å². The first-order valence-electron chi connectivity index (χ1n) is 6.77. The van der Waals surface area contributed by atoms with Gasteiger partial charge in [0, 0.05) is 0 Å². The first-order chi connectivity index (χ1) is 9.46. The van der Waals surface area contributed by atoms with Crippen LogP contribution >= 0.6 is 11.3 Å². The molecule has 20 heavy (non-hydrogen) atoms. The van der Waals surface area contributed by atoms with E-state index < -0.39 is 16.0 Å². The van der Waals surface area contributed by atoms with Crippen molar-refractivity contribution in [2.45, 2.75) is 45.4 Å². The normalized spacial score (nSPS) is 11.4. The van der Waals surface area contributed by atoms with Gasteiger partial charge in [-0.15, -0.1) is 11.3 Å². The van der Waals surface area contributed by atoms with E-state index in [0.29, 0.717) is 6.42 Å². The molecule has 5 nitrogen and oxygen atoms in total. The van der Waals surface area contributed by atoms with E-state index in [1.54, 1.807) is 5.38 Å². The number of rotatable bonds is 10. The zero-order chi connectivity index (χ0) is 15.0. The average molecular weight is 319 g/mol. The molecular weight excluding hydrogens is 298 g/mol. The first kappa shape index (κ1) is 17.0. The molecule has 0 aromatic carbocycles. The van der Waals surface area contributed by atoms with Crippen LogP contribution in [0.15, 0.2) is 11.4 Å². The second kappa shape index (κ2) is 8.26. The number of hydrogen-bond donors (Lipinski definition) is 2. The van der Waals surface area contributed by atoms with E-state index in [9.17, 15) is 13.2 Å². The van der Waals surface area contributed by atoms with Crippen LogP contribution in [0.5, 0.6) is 0 Å². The molecule has 1 rings (SSSR count). The minimum Gasteiger partial charge on any atom is -0.477 e. The van der Waals surface area contributed by atoms with Crippen LogP contribution in [0.3, 0.4) is 0 Å². The standard InChI is InChI=1S/C13H21NO4S2/c1-2-3-4-5-6-7-10-20(17,18)14-11-8-9-19-12(11)13(15)16/h8-9,14H,2-7,10H2,1H3,(H,15,16). The Bertz CT molecular complexity index is 522. The van der Waals surface area contributed by atoms with Gasteiger partial charge in [0.05, 0.1) is 11.4 Å². The number of nitrogens with one attached hydrogen (secondary N) is 1. The van der Waals surface area contributed by atoms with Crippen LogP contribution in [-0.2, 0) is 10.0 Å². The van der Waals surface area contributed by atoms with Gasteiger partial charge in [0.25, 0.3) is 0 Å². The van der Waals surface area contributed by atoms with Crippen molar-refractivity contribution < 1.29 is 18.3 Å². The smallest absolute Gasteiger partial charge is 0.348 e. The van der Waals surface area contributed by atoms with Crippen LogP contribution in [0.2, 0.25) is 0 Å². The summed E-state index contributed by atoms with van der Waals surface area (Å²) in [6, 6.07) is 1.48. The van der Waals surface area contributed by atoms with Crippen molar-refractivity contribution in [2.75, 3.05) is 10.5 Å². The SMILES string of the molecule is CCCCCCCCS(=O)(=O)Nc1ccsc1C(=O)O. The van der Waals surface area contributed by atoms with Crippen molar-refractivity contribution in [3.8, 4) is 0 Å². The molecule has 1 heterocycles. The monoisotopic (exact) mass is 319 g/mol. The molecule has 0 bridgehead atoms. The molecule has 0 spiro atoms. The Kier molecular flexibility index (Phi) is 7.01. The number of anilines is 1. The highest BCUT2D eigenvalue weighted by molar-refractivity contribution is 7.92. The molecule has 7 heteroatoms. The van der Waals surface area contributed by atoms with Crippen molar-refractivity contribution in [3.05, 3.63) is 16.3 Å². The van der Waals surface area contributed by atoms with Crippen LogP contribution in [0.1, 0.15) is 55.1 Å². The summed E-state index contributed by atoms with van der Waals surface area (Å²) in [6.07, 6.45) is 6.01. The number of hydrogen-bond acceptors (Lipinski definition) is 4. The topological polar surface area (TPSA) is 83.5 Å². The summed E-state index contributed by atoms with van der Waals surface area (Å²) in [6.45, 7) is 2.13. The maximum Gasteiger partial charge on any atom is 0.348 e. The summed E-state index contributed by atoms with van der Waals surface area (Å²) in [5.41, 5.74) is 0.161. The van der Waals surface area contributed by atoms with Gasteiger partial charge in [-0.05, 0) is 17.9 Å². The fraction of sp³-hybridized carbons (Fsp3) is 0.615. The molecule has 114 valence electrons. The van der Waals surface area contributed by atoms with Crippen molar-refractivity contribution in [3.63, 3.8) is 0 Å². The fourth-order valence-electron chi connectivity index (χ4n) is 1.85. The van der Waals surface area contributed by atoms with Crippen molar-refractivity contribution in [1.82, 2.24) is 0 Å². The van der Waals surface area contributed by atoms with Crippen LogP contribution in [0, 0.1) is 0 Å². The second-order valence-electron chi connectivity index (χ2n) is 4.66. The van der Waals surface area contributed by atoms with Gasteiger partial charge < -0.3 is 5.11 Å². The number of sulfonamides is 1. The van der Waals surface area contributed by atoms with Gasteiger partial charge in [0.2, 0.25) is 10.0 Å². The van der Waals surface area contributed by atoms with Crippen LogP contribution in [0.4, 0.5) is 5.69 Å². The largest absolute Gasteiger partial charge is 0.477 e. The van der Waals surface area contributed by atoms with E-state index in [2.05, 4.69) is 11.6 Å². The lowest BCUT2D eigenvalue weighted by molar-refractivity contribution is 0.0703. The Morgan fingerprint density at radius 1 is 1.25 bits per heavy atom. The Balaban J connectivity index is 2.41. The van der Waals surface area contributed by atoms with Gasteiger partial charge in [-0.2, -0.15) is 0 Å². The van der Waals surface area contributed by atoms with Crippen molar-refractivity contribution >= 4 is 33.0 Å². The van der Waals surface area contributed by atoms with E-state index in [4.69, 9.17) is 5.11 Å². The zero-order valence-electron chi connectivity index (χ0n) is 11.6. The molecule has 0 aliphatic heterocycles. The lowest BCUT2D eigenvalue weighted by atomic mass is 10.1. The predicted octanol–water partition coefficient (Wildman–Crippen LogP) is 3.55. The summed E-state index contributed by atoms with van der Waals surface area (Å²) < 4.78 is 26.1. The van der Waals surface area contributed by atoms with Gasteiger partial charge in [0.1, 0.15) is 4.88 Å². The summed E-state index contributed by atoms with van der Waals surface area (Å²) >= 11 is 1.01. The Morgan fingerprint density at radius 3 is 2.55 bits per heavy atom. The third-order valence-electron chi connectivity index (χ3n) is 2.89. The number of carbonyl (C=O) groups is 1. The third-order valence-corrected chi connectivity index (χ3v) is 5.15. The minimum atomic E-state index is -3.46. The fourth-order valence-corrected chi connectivity index (χ4v) is 3.79. The molecule has 0 amide bonds. The van der Waals surface area contributed by atoms with E-state index in [0.717, 1.165) is 37.0 Å². The Morgan fingerprint density at radius 2 is 1.90 bits per heavy atom. The summed E-state index contributed by atoms with van der Waals surface area (Å²) in [4.78, 5) is 10.9. The third kappa shape index (κ3) is 5.92. The van der Waals surface area contributed by atoms with E-state index in [1.165, 1.54) is 12.5 Å². The van der Waals surface area contributed by atoms with Crippen LogP contribution < -0.4 is 4.72 Å². The van der Waals surface area contributed by atoms with Gasteiger partial charge in [-0.1, -0.05) is 39.0 Å². The zero-order valence-corrected chi connectivity index (χ0v) is 13.2. The van der Waals surface area contributed by atoms with Gasteiger partial charge in [-0.3, -0.25) is 4.72 Å². The minimum absolute atomic E-state index is 0.0246. The van der Waals surface area contributed by atoms with Gasteiger partial charge in [-0.25, -0.2) is 13.2 Å². The molecule has 1 aromatic rings. The Labute approximate surface area is 124 Å². The Hall–Kier alpha value is -1.08.